The van der Waals surface area contributed by atoms with E-state index in [4.69, 9.17) is 17.3 Å². The molecule has 4 N–H and O–H groups in total. The molecule has 152 valence electrons. The number of aromatic amines is 1. The van der Waals surface area contributed by atoms with E-state index in [-0.39, 0.29) is 29.6 Å². The average Bonchev–Trinajstić information content (AvgIpc) is 3.12. The summed E-state index contributed by atoms with van der Waals surface area (Å²) in [6.07, 6.45) is 8.15. The van der Waals surface area contributed by atoms with Crippen molar-refractivity contribution in [3.63, 3.8) is 0 Å². The number of fused-ring (bicyclic) bond motifs is 1. The minimum absolute atomic E-state index is 0.0372. The molecule has 1 aliphatic carbocycles. The zero-order chi connectivity index (χ0) is 20.5. The third-order valence-electron chi connectivity index (χ3n) is 5.72. The number of primary amides is 1. The summed E-state index contributed by atoms with van der Waals surface area (Å²) in [6.45, 7) is 1.83. The van der Waals surface area contributed by atoms with Crippen LogP contribution in [0.4, 0.5) is 10.2 Å². The quantitative estimate of drug-likeness (QED) is 0.584. The van der Waals surface area contributed by atoms with Gasteiger partial charge in [0.15, 0.2) is 17.5 Å². The number of nitrogens with zero attached hydrogens (tertiary/aromatic N) is 3. The van der Waals surface area contributed by atoms with Gasteiger partial charge in [-0.15, -0.1) is 0 Å². The lowest BCUT2D eigenvalue weighted by molar-refractivity contribution is -0.123. The summed E-state index contributed by atoms with van der Waals surface area (Å²) in [4.78, 5) is 27.5. The number of amides is 1. The number of nitrogens with one attached hydrogen (secondary N) is 2. The molecule has 3 aromatic rings. The molecule has 2 unspecified atom stereocenters. The minimum Gasteiger partial charge on any atom is -0.369 e. The van der Waals surface area contributed by atoms with Crippen molar-refractivity contribution < 1.29 is 9.18 Å². The van der Waals surface area contributed by atoms with E-state index in [9.17, 15) is 9.18 Å². The Morgan fingerprint density at radius 2 is 2.14 bits per heavy atom. The maximum absolute atomic E-state index is 14.5. The number of carbonyl (C=O) groups excluding carboxylic acids is 1. The van der Waals surface area contributed by atoms with Crippen LogP contribution in [0.2, 0.25) is 5.02 Å². The molecule has 1 aliphatic rings. The van der Waals surface area contributed by atoms with Gasteiger partial charge in [0.05, 0.1) is 11.2 Å². The Kier molecular flexibility index (Phi) is 5.36. The van der Waals surface area contributed by atoms with Gasteiger partial charge < -0.3 is 16.0 Å². The maximum Gasteiger partial charge on any atom is 0.220 e. The first-order valence-electron chi connectivity index (χ1n) is 9.65. The van der Waals surface area contributed by atoms with E-state index >= 15 is 0 Å². The lowest BCUT2D eigenvalue weighted by Crippen LogP contribution is -2.41. The molecule has 3 atom stereocenters. The summed E-state index contributed by atoms with van der Waals surface area (Å²) >= 11 is 6.06. The molecule has 9 heteroatoms. The molecule has 0 radical (unpaired) electrons. The van der Waals surface area contributed by atoms with Crippen LogP contribution in [-0.2, 0) is 4.79 Å². The second-order valence-electron chi connectivity index (χ2n) is 7.53. The molecule has 0 saturated heterocycles. The number of anilines is 1. The van der Waals surface area contributed by atoms with Crippen LogP contribution in [0, 0.1) is 17.7 Å². The first-order valence-corrected chi connectivity index (χ1v) is 10.0. The highest BCUT2D eigenvalue weighted by Gasteiger charge is 2.33. The number of pyridine rings is 1. The number of hydrogen-bond donors (Lipinski definition) is 3. The van der Waals surface area contributed by atoms with Gasteiger partial charge in [0.1, 0.15) is 5.65 Å². The summed E-state index contributed by atoms with van der Waals surface area (Å²) in [5.41, 5.74) is 6.85. The summed E-state index contributed by atoms with van der Waals surface area (Å²) in [5.74, 6) is -0.655. The Hall–Kier alpha value is -2.74. The van der Waals surface area contributed by atoms with Crippen LogP contribution in [0.3, 0.4) is 0 Å². The summed E-state index contributed by atoms with van der Waals surface area (Å²) in [5, 5.41) is 4.46. The smallest absolute Gasteiger partial charge is 0.220 e. The van der Waals surface area contributed by atoms with Crippen molar-refractivity contribution in [2.75, 3.05) is 5.32 Å². The summed E-state index contributed by atoms with van der Waals surface area (Å²) in [7, 11) is 0. The van der Waals surface area contributed by atoms with Crippen molar-refractivity contribution >= 4 is 34.4 Å². The van der Waals surface area contributed by atoms with Gasteiger partial charge in [-0.2, -0.15) is 0 Å². The van der Waals surface area contributed by atoms with Crippen molar-refractivity contribution in [2.45, 2.75) is 38.6 Å². The Bertz CT molecular complexity index is 1050. The molecule has 1 amide bonds. The number of carbonyl (C=O) groups is 1. The molecule has 0 bridgehead atoms. The molecule has 4 rings (SSSR count). The Morgan fingerprint density at radius 3 is 2.93 bits per heavy atom. The number of hydrogen-bond acceptors (Lipinski definition) is 5. The van der Waals surface area contributed by atoms with E-state index in [1.54, 1.807) is 18.5 Å². The first-order chi connectivity index (χ1) is 13.9. The van der Waals surface area contributed by atoms with E-state index in [0.29, 0.717) is 22.1 Å². The van der Waals surface area contributed by atoms with Crippen molar-refractivity contribution in [3.05, 3.63) is 35.5 Å². The highest BCUT2D eigenvalue weighted by Crippen LogP contribution is 2.33. The van der Waals surface area contributed by atoms with Crippen molar-refractivity contribution in [2.24, 2.45) is 17.6 Å². The molecular formula is C20H22ClFN6O. The Labute approximate surface area is 172 Å². The molecule has 29 heavy (non-hydrogen) atoms. The summed E-state index contributed by atoms with van der Waals surface area (Å²) in [6, 6.07) is 1.68. The number of nitrogens with two attached hydrogens (primary N) is 1. The van der Waals surface area contributed by atoms with Crippen LogP contribution < -0.4 is 11.1 Å². The van der Waals surface area contributed by atoms with Crippen LogP contribution in [0.1, 0.15) is 32.6 Å². The van der Waals surface area contributed by atoms with Crippen molar-refractivity contribution in [1.82, 2.24) is 19.9 Å². The zero-order valence-electron chi connectivity index (χ0n) is 16.0. The standard InChI is InChI=1S/C20H22ClFN6O/c1-10(17(23)29)12-4-2-3-5-16(12)27-20-15(22)9-26-19(28-20)14-8-25-18-13(14)6-11(21)7-24-18/h6-10,12,16H,2-5H2,1H3,(H2,23,29)(H,24,25)(H,26,27,28)/t10-,12?,16?/m0/s1. The van der Waals surface area contributed by atoms with E-state index in [2.05, 4.69) is 25.3 Å². The van der Waals surface area contributed by atoms with Gasteiger partial charge in [0.25, 0.3) is 0 Å². The second-order valence-corrected chi connectivity index (χ2v) is 7.97. The molecule has 1 fully saturated rings. The minimum atomic E-state index is -0.541. The third kappa shape index (κ3) is 3.89. The van der Waals surface area contributed by atoms with Crippen LogP contribution in [0.15, 0.2) is 24.7 Å². The van der Waals surface area contributed by atoms with Crippen molar-refractivity contribution in [3.8, 4) is 11.4 Å². The first kappa shape index (κ1) is 19.6. The lowest BCUT2D eigenvalue weighted by Gasteiger charge is -2.35. The molecular weight excluding hydrogens is 395 g/mol. The number of halogens is 2. The Balaban J connectivity index is 1.66. The molecule has 1 saturated carbocycles. The predicted octanol–water partition coefficient (Wildman–Crippen LogP) is 3.90. The Morgan fingerprint density at radius 1 is 1.34 bits per heavy atom. The molecule has 3 aromatic heterocycles. The van der Waals surface area contributed by atoms with Crippen LogP contribution in [0.25, 0.3) is 22.4 Å². The van der Waals surface area contributed by atoms with Crippen LogP contribution >= 0.6 is 11.6 Å². The van der Waals surface area contributed by atoms with E-state index in [1.807, 2.05) is 6.92 Å². The van der Waals surface area contributed by atoms with Gasteiger partial charge in [0.2, 0.25) is 5.91 Å². The molecule has 0 aliphatic heterocycles. The van der Waals surface area contributed by atoms with Crippen LogP contribution in [-0.4, -0.2) is 31.9 Å². The topological polar surface area (TPSA) is 110 Å². The number of rotatable bonds is 5. The highest BCUT2D eigenvalue weighted by molar-refractivity contribution is 6.31. The average molecular weight is 417 g/mol. The van der Waals surface area contributed by atoms with Crippen LogP contribution in [0.5, 0.6) is 0 Å². The number of aromatic nitrogens is 4. The largest absolute Gasteiger partial charge is 0.369 e. The lowest BCUT2D eigenvalue weighted by atomic mass is 9.77. The molecule has 3 heterocycles. The highest BCUT2D eigenvalue weighted by atomic mass is 35.5. The molecule has 0 spiro atoms. The van der Waals surface area contributed by atoms with Gasteiger partial charge in [0, 0.05) is 35.3 Å². The predicted molar refractivity (Wildman–Crippen MR) is 110 cm³/mol. The second kappa shape index (κ2) is 7.94. The van der Waals surface area contributed by atoms with Gasteiger partial charge in [-0.25, -0.2) is 19.3 Å². The fourth-order valence-electron chi connectivity index (χ4n) is 4.08. The summed E-state index contributed by atoms with van der Waals surface area (Å²) < 4.78 is 14.5. The fourth-order valence-corrected chi connectivity index (χ4v) is 4.24. The van der Waals surface area contributed by atoms with Gasteiger partial charge in [-0.3, -0.25) is 4.79 Å². The fraction of sp³-hybridized carbons (Fsp3) is 0.400. The van der Waals surface area contributed by atoms with E-state index in [1.165, 1.54) is 0 Å². The number of H-pyrrole nitrogens is 1. The van der Waals surface area contributed by atoms with Crippen molar-refractivity contribution in [1.29, 1.82) is 0 Å². The van der Waals surface area contributed by atoms with E-state index < -0.39 is 5.82 Å². The van der Waals surface area contributed by atoms with E-state index in [0.717, 1.165) is 37.3 Å². The normalized spacial score (nSPS) is 20.5. The third-order valence-corrected chi connectivity index (χ3v) is 5.92. The monoisotopic (exact) mass is 416 g/mol. The molecule has 7 nitrogen and oxygen atoms in total. The van der Waals surface area contributed by atoms with Gasteiger partial charge >= 0.3 is 0 Å². The van der Waals surface area contributed by atoms with Gasteiger partial charge in [-0.1, -0.05) is 31.4 Å². The van der Waals surface area contributed by atoms with Gasteiger partial charge in [-0.05, 0) is 24.8 Å². The zero-order valence-corrected chi connectivity index (χ0v) is 16.7. The molecule has 0 aromatic carbocycles. The SMILES string of the molecule is C[C@H](C(N)=O)C1CCCCC1Nc1nc(-c2c[nH]c3ncc(Cl)cc23)ncc1F. The maximum atomic E-state index is 14.5.